The molecule has 0 spiro atoms. The molecule has 0 saturated heterocycles. The maximum absolute atomic E-state index is 12.4. The fourth-order valence-corrected chi connectivity index (χ4v) is 2.88. The quantitative estimate of drug-likeness (QED) is 0.683. The highest BCUT2D eigenvalue weighted by Crippen LogP contribution is 2.32. The van der Waals surface area contributed by atoms with Crippen LogP contribution in [0.15, 0.2) is 84.6 Å². The maximum atomic E-state index is 12.4. The van der Waals surface area contributed by atoms with Gasteiger partial charge in [0.15, 0.2) is 11.5 Å². The first-order valence-corrected chi connectivity index (χ1v) is 8.91. The fraction of sp³-hybridized carbons (Fsp3) is 0.0435. The lowest BCUT2D eigenvalue weighted by atomic mass is 10.1. The first-order chi connectivity index (χ1) is 13.7. The second-order valence-electron chi connectivity index (χ2n) is 6.35. The Morgan fingerprint density at radius 3 is 2.43 bits per heavy atom. The molecule has 0 bridgehead atoms. The second kappa shape index (κ2) is 7.80. The van der Waals surface area contributed by atoms with E-state index in [1.165, 1.54) is 0 Å². The summed E-state index contributed by atoms with van der Waals surface area (Å²) in [6, 6.07) is 24.1. The van der Waals surface area contributed by atoms with Gasteiger partial charge in [-0.25, -0.2) is 0 Å². The van der Waals surface area contributed by atoms with Crippen molar-refractivity contribution in [3.05, 3.63) is 101 Å². The molecule has 0 aliphatic carbocycles. The molecule has 3 aromatic rings. The van der Waals surface area contributed by atoms with Crippen molar-refractivity contribution in [2.24, 2.45) is 0 Å². The number of ether oxygens (including phenoxy) is 1. The Labute approximate surface area is 162 Å². The van der Waals surface area contributed by atoms with Gasteiger partial charge in [0.25, 0.3) is 11.8 Å². The Morgan fingerprint density at radius 1 is 0.964 bits per heavy atom. The Balaban J connectivity index is 1.49. The summed E-state index contributed by atoms with van der Waals surface area (Å²) < 4.78 is 5.73. The molecule has 5 nitrogen and oxygen atoms in total. The molecule has 4 rings (SSSR count). The lowest BCUT2D eigenvalue weighted by Crippen LogP contribution is -2.25. The number of carbonyl (C=O) groups is 2. The summed E-state index contributed by atoms with van der Waals surface area (Å²) in [5.74, 6) is 0.145. The Morgan fingerprint density at radius 2 is 1.68 bits per heavy atom. The molecule has 2 N–H and O–H groups in total. The number of anilines is 1. The van der Waals surface area contributed by atoms with Crippen molar-refractivity contribution in [1.82, 2.24) is 5.32 Å². The number of fused-ring (bicyclic) bond motifs is 1. The summed E-state index contributed by atoms with van der Waals surface area (Å²) >= 11 is 0. The lowest BCUT2D eigenvalue weighted by molar-refractivity contribution is -0.115. The van der Waals surface area contributed by atoms with Gasteiger partial charge in [0.1, 0.15) is 0 Å². The number of amides is 2. The van der Waals surface area contributed by atoms with Crippen molar-refractivity contribution in [3.63, 3.8) is 0 Å². The molecule has 0 saturated carbocycles. The van der Waals surface area contributed by atoms with E-state index in [1.54, 1.807) is 24.3 Å². The van der Waals surface area contributed by atoms with E-state index >= 15 is 0 Å². The predicted molar refractivity (Wildman–Crippen MR) is 108 cm³/mol. The molecule has 2 amide bonds. The van der Waals surface area contributed by atoms with Crippen LogP contribution < -0.4 is 15.4 Å². The van der Waals surface area contributed by atoms with Crippen molar-refractivity contribution in [2.75, 3.05) is 5.32 Å². The summed E-state index contributed by atoms with van der Waals surface area (Å²) in [6.45, 7) is 0.434. The van der Waals surface area contributed by atoms with E-state index in [9.17, 15) is 9.59 Å². The van der Waals surface area contributed by atoms with Crippen LogP contribution in [0, 0.1) is 0 Å². The number of rotatable bonds is 4. The third-order valence-corrected chi connectivity index (χ3v) is 4.33. The fourth-order valence-electron chi connectivity index (χ4n) is 2.88. The molecule has 5 heteroatoms. The molecule has 1 aliphatic rings. The van der Waals surface area contributed by atoms with Crippen LogP contribution >= 0.6 is 0 Å². The van der Waals surface area contributed by atoms with Gasteiger partial charge in [-0.2, -0.15) is 0 Å². The average Bonchev–Trinajstić information content (AvgIpc) is 2.74. The first-order valence-electron chi connectivity index (χ1n) is 8.91. The molecular formula is C23H18N2O3. The minimum absolute atomic E-state index is 0.208. The highest BCUT2D eigenvalue weighted by atomic mass is 16.5. The number of hydrogen-bond donors (Lipinski definition) is 2. The van der Waals surface area contributed by atoms with Crippen LogP contribution in [0.4, 0.5) is 5.69 Å². The highest BCUT2D eigenvalue weighted by molar-refractivity contribution is 6.09. The van der Waals surface area contributed by atoms with E-state index in [1.807, 2.05) is 60.7 Å². The zero-order valence-corrected chi connectivity index (χ0v) is 15.0. The van der Waals surface area contributed by atoms with Crippen LogP contribution in [0.3, 0.4) is 0 Å². The third-order valence-electron chi connectivity index (χ3n) is 4.33. The Kier molecular flexibility index (Phi) is 4.89. The van der Waals surface area contributed by atoms with E-state index in [-0.39, 0.29) is 17.6 Å². The van der Waals surface area contributed by atoms with Crippen molar-refractivity contribution in [3.8, 4) is 5.75 Å². The third kappa shape index (κ3) is 3.94. The molecule has 1 aliphatic heterocycles. The molecule has 0 atom stereocenters. The summed E-state index contributed by atoms with van der Waals surface area (Å²) in [6.07, 6.45) is 1.68. The normalized spacial score (nSPS) is 14.0. The predicted octanol–water partition coefficient (Wildman–Crippen LogP) is 3.99. The van der Waals surface area contributed by atoms with E-state index in [0.29, 0.717) is 23.5 Å². The van der Waals surface area contributed by atoms with Gasteiger partial charge < -0.3 is 15.4 Å². The number of benzene rings is 3. The van der Waals surface area contributed by atoms with Crippen molar-refractivity contribution in [2.45, 2.75) is 6.54 Å². The minimum Gasteiger partial charge on any atom is -0.449 e. The molecule has 0 radical (unpaired) electrons. The van der Waals surface area contributed by atoms with Gasteiger partial charge in [-0.3, -0.25) is 9.59 Å². The van der Waals surface area contributed by atoms with Crippen molar-refractivity contribution < 1.29 is 14.3 Å². The zero-order valence-electron chi connectivity index (χ0n) is 15.0. The summed E-state index contributed by atoms with van der Waals surface area (Å²) in [5, 5.41) is 5.66. The van der Waals surface area contributed by atoms with Crippen LogP contribution in [0.1, 0.15) is 21.5 Å². The molecule has 0 aromatic heterocycles. The van der Waals surface area contributed by atoms with Gasteiger partial charge >= 0.3 is 0 Å². The molecule has 28 heavy (non-hydrogen) atoms. The second-order valence-corrected chi connectivity index (χ2v) is 6.35. The SMILES string of the molecule is O=C1Nc2cc(C(=O)NCc3ccccc3)ccc2O/C1=C/c1ccccc1. The first kappa shape index (κ1) is 17.5. The highest BCUT2D eigenvalue weighted by Gasteiger charge is 2.23. The number of carbonyl (C=O) groups excluding carboxylic acids is 2. The van der Waals surface area contributed by atoms with E-state index in [4.69, 9.17) is 4.74 Å². The monoisotopic (exact) mass is 370 g/mol. The molecule has 138 valence electrons. The van der Waals surface area contributed by atoms with E-state index < -0.39 is 0 Å². The van der Waals surface area contributed by atoms with Gasteiger partial charge in [-0.1, -0.05) is 60.7 Å². The van der Waals surface area contributed by atoms with Gasteiger partial charge in [0, 0.05) is 12.1 Å². The van der Waals surface area contributed by atoms with Gasteiger partial charge in [0.2, 0.25) is 0 Å². The smallest absolute Gasteiger partial charge is 0.291 e. The van der Waals surface area contributed by atoms with Crippen LogP contribution in [0.2, 0.25) is 0 Å². The average molecular weight is 370 g/mol. The van der Waals surface area contributed by atoms with Crippen LogP contribution in [0.25, 0.3) is 6.08 Å². The number of hydrogen-bond acceptors (Lipinski definition) is 3. The van der Waals surface area contributed by atoms with E-state index in [2.05, 4.69) is 10.6 Å². The molecule has 1 heterocycles. The van der Waals surface area contributed by atoms with Crippen LogP contribution in [0.5, 0.6) is 5.75 Å². The number of nitrogens with one attached hydrogen (secondary N) is 2. The van der Waals surface area contributed by atoms with Crippen molar-refractivity contribution in [1.29, 1.82) is 0 Å². The zero-order chi connectivity index (χ0) is 19.3. The molecule has 3 aromatic carbocycles. The summed E-state index contributed by atoms with van der Waals surface area (Å²) in [7, 11) is 0. The van der Waals surface area contributed by atoms with Crippen molar-refractivity contribution >= 4 is 23.6 Å². The Bertz CT molecular complexity index is 1040. The summed E-state index contributed by atoms with van der Waals surface area (Å²) in [5.41, 5.74) is 2.81. The standard InChI is InChI=1S/C23H18N2O3/c26-22(24-15-17-9-5-2-6-10-17)18-11-12-20-19(14-18)25-23(27)21(28-20)13-16-7-3-1-4-8-16/h1-14H,15H2,(H,24,26)(H,25,27)/b21-13+. The lowest BCUT2D eigenvalue weighted by Gasteiger charge is -2.20. The topological polar surface area (TPSA) is 67.4 Å². The van der Waals surface area contributed by atoms with Crippen LogP contribution in [-0.2, 0) is 11.3 Å². The maximum Gasteiger partial charge on any atom is 0.291 e. The minimum atomic E-state index is -0.349. The Hall–Kier alpha value is -3.86. The molecule has 0 unspecified atom stereocenters. The molecule has 0 fully saturated rings. The van der Waals surface area contributed by atoms with Gasteiger partial charge in [-0.05, 0) is 35.4 Å². The van der Waals surface area contributed by atoms with Gasteiger partial charge in [0.05, 0.1) is 5.69 Å². The van der Waals surface area contributed by atoms with Crippen LogP contribution in [-0.4, -0.2) is 11.8 Å². The van der Waals surface area contributed by atoms with E-state index in [0.717, 1.165) is 11.1 Å². The molecular weight excluding hydrogens is 352 g/mol. The van der Waals surface area contributed by atoms with Gasteiger partial charge in [-0.15, -0.1) is 0 Å². The summed E-state index contributed by atoms with van der Waals surface area (Å²) in [4.78, 5) is 24.8. The largest absolute Gasteiger partial charge is 0.449 e.